The van der Waals surface area contributed by atoms with Gasteiger partial charge in [0.15, 0.2) is 0 Å². The van der Waals surface area contributed by atoms with Crippen LogP contribution < -0.4 is 10.6 Å². The van der Waals surface area contributed by atoms with Gasteiger partial charge in [-0.3, -0.25) is 9.59 Å². The Bertz CT molecular complexity index is 630. The van der Waals surface area contributed by atoms with Crippen molar-refractivity contribution >= 4 is 28.3 Å². The van der Waals surface area contributed by atoms with E-state index in [1.807, 2.05) is 36.4 Å². The Morgan fingerprint density at radius 1 is 1.05 bits per heavy atom. The van der Waals surface area contributed by atoms with Crippen molar-refractivity contribution in [2.75, 3.05) is 11.9 Å². The molecule has 2 N–H and O–H groups in total. The molecule has 96 valence electrons. The normalized spacial score (nSPS) is 9.89. The number of hydrogen-bond acceptors (Lipinski definition) is 2. The lowest BCUT2D eigenvalue weighted by Crippen LogP contribution is -2.35. The maximum absolute atomic E-state index is 11.7. The molecule has 0 fully saturated rings. The Morgan fingerprint density at radius 2 is 1.79 bits per heavy atom. The number of rotatable bonds is 3. The Morgan fingerprint density at radius 3 is 2.58 bits per heavy atom. The lowest BCUT2D eigenvalue weighted by atomic mass is 10.1. The fourth-order valence-corrected chi connectivity index (χ4v) is 1.76. The summed E-state index contributed by atoms with van der Waals surface area (Å²) in [5, 5.41) is 6.94. The molecule has 0 aromatic heterocycles. The summed E-state index contributed by atoms with van der Waals surface area (Å²) in [6.45, 7) is 3.74. The molecular weight excluding hydrogens is 240 g/mol. The second kappa shape index (κ2) is 5.82. The summed E-state index contributed by atoms with van der Waals surface area (Å²) in [4.78, 5) is 23.2. The van der Waals surface area contributed by atoms with Crippen LogP contribution in [0.5, 0.6) is 0 Å². The number of carbonyl (C=O) groups is 2. The molecule has 2 aromatic rings. The van der Waals surface area contributed by atoms with Crippen molar-refractivity contribution < 1.29 is 9.59 Å². The van der Waals surface area contributed by atoms with Gasteiger partial charge in [-0.1, -0.05) is 42.5 Å². The summed E-state index contributed by atoms with van der Waals surface area (Å²) < 4.78 is 0. The van der Waals surface area contributed by atoms with Gasteiger partial charge in [-0.2, -0.15) is 0 Å². The molecule has 0 aliphatic heterocycles. The molecule has 0 saturated carbocycles. The molecule has 0 aliphatic rings. The van der Waals surface area contributed by atoms with Gasteiger partial charge >= 0.3 is 11.8 Å². The predicted molar refractivity (Wildman–Crippen MR) is 75.8 cm³/mol. The van der Waals surface area contributed by atoms with Crippen molar-refractivity contribution in [2.24, 2.45) is 0 Å². The van der Waals surface area contributed by atoms with Gasteiger partial charge in [-0.25, -0.2) is 0 Å². The lowest BCUT2D eigenvalue weighted by Gasteiger charge is -2.08. The Hall–Kier alpha value is -2.62. The third-order valence-electron chi connectivity index (χ3n) is 2.65. The molecule has 0 aliphatic carbocycles. The maximum Gasteiger partial charge on any atom is 0.313 e. The zero-order valence-electron chi connectivity index (χ0n) is 10.3. The third kappa shape index (κ3) is 2.98. The summed E-state index contributed by atoms with van der Waals surface area (Å²) in [6.07, 6.45) is 1.52. The highest BCUT2D eigenvalue weighted by molar-refractivity contribution is 6.40. The minimum absolute atomic E-state index is 0.266. The quantitative estimate of drug-likeness (QED) is 0.651. The number of anilines is 1. The van der Waals surface area contributed by atoms with Crippen LogP contribution in [0.1, 0.15) is 0 Å². The Labute approximate surface area is 111 Å². The third-order valence-corrected chi connectivity index (χ3v) is 2.65. The SMILES string of the molecule is C=CCNC(=O)C(=O)Nc1cccc2ccccc12. The first kappa shape index (κ1) is 12.8. The summed E-state index contributed by atoms with van der Waals surface area (Å²) >= 11 is 0. The molecule has 0 heterocycles. The van der Waals surface area contributed by atoms with E-state index >= 15 is 0 Å². The van der Waals surface area contributed by atoms with Crippen molar-refractivity contribution in [3.63, 3.8) is 0 Å². The molecule has 0 bridgehead atoms. The van der Waals surface area contributed by atoms with E-state index < -0.39 is 11.8 Å². The topological polar surface area (TPSA) is 58.2 Å². The van der Waals surface area contributed by atoms with E-state index in [9.17, 15) is 9.59 Å². The summed E-state index contributed by atoms with van der Waals surface area (Å²) in [6, 6.07) is 13.2. The molecular formula is C15H14N2O2. The highest BCUT2D eigenvalue weighted by atomic mass is 16.2. The molecule has 0 unspecified atom stereocenters. The second-order valence-corrected chi connectivity index (χ2v) is 3.98. The van der Waals surface area contributed by atoms with Crippen LogP contribution in [-0.4, -0.2) is 18.4 Å². The van der Waals surface area contributed by atoms with E-state index in [-0.39, 0.29) is 6.54 Å². The molecule has 2 aromatic carbocycles. The van der Waals surface area contributed by atoms with E-state index in [0.717, 1.165) is 10.8 Å². The minimum atomic E-state index is -0.682. The molecule has 0 spiro atoms. The zero-order valence-corrected chi connectivity index (χ0v) is 10.3. The first-order valence-corrected chi connectivity index (χ1v) is 5.90. The van der Waals surface area contributed by atoms with Crippen LogP contribution in [0, 0.1) is 0 Å². The molecule has 4 nitrogen and oxygen atoms in total. The van der Waals surface area contributed by atoms with Gasteiger partial charge in [0.2, 0.25) is 0 Å². The van der Waals surface area contributed by atoms with Crippen LogP contribution in [-0.2, 0) is 9.59 Å². The van der Waals surface area contributed by atoms with E-state index in [1.165, 1.54) is 6.08 Å². The van der Waals surface area contributed by atoms with Gasteiger partial charge in [0, 0.05) is 17.6 Å². The van der Waals surface area contributed by atoms with Gasteiger partial charge in [-0.15, -0.1) is 6.58 Å². The molecule has 4 heteroatoms. The summed E-state index contributed by atoms with van der Waals surface area (Å²) in [5.74, 6) is -1.36. The first-order chi connectivity index (χ1) is 9.22. The Kier molecular flexibility index (Phi) is 3.93. The maximum atomic E-state index is 11.7. The number of carbonyl (C=O) groups excluding carboxylic acids is 2. The fourth-order valence-electron chi connectivity index (χ4n) is 1.76. The van der Waals surface area contributed by atoms with Gasteiger partial charge in [0.1, 0.15) is 0 Å². The first-order valence-electron chi connectivity index (χ1n) is 5.90. The van der Waals surface area contributed by atoms with E-state index in [0.29, 0.717) is 5.69 Å². The van der Waals surface area contributed by atoms with Crippen molar-refractivity contribution in [2.45, 2.75) is 0 Å². The molecule has 0 saturated heterocycles. The zero-order chi connectivity index (χ0) is 13.7. The van der Waals surface area contributed by atoms with Gasteiger partial charge in [-0.05, 0) is 11.5 Å². The molecule has 19 heavy (non-hydrogen) atoms. The van der Waals surface area contributed by atoms with Crippen LogP contribution in [0.3, 0.4) is 0 Å². The second-order valence-electron chi connectivity index (χ2n) is 3.98. The Balaban J connectivity index is 2.19. The van der Waals surface area contributed by atoms with E-state index in [1.54, 1.807) is 6.07 Å². The fraction of sp³-hybridized carbons (Fsp3) is 0.0667. The molecule has 2 amide bonds. The van der Waals surface area contributed by atoms with Crippen molar-refractivity contribution in [1.29, 1.82) is 0 Å². The number of fused-ring (bicyclic) bond motifs is 1. The number of benzene rings is 2. The highest BCUT2D eigenvalue weighted by Gasteiger charge is 2.13. The average Bonchev–Trinajstić information content (AvgIpc) is 2.45. The van der Waals surface area contributed by atoms with Crippen LogP contribution in [0.25, 0.3) is 10.8 Å². The molecule has 0 atom stereocenters. The number of amides is 2. The monoisotopic (exact) mass is 254 g/mol. The molecule has 2 rings (SSSR count). The van der Waals surface area contributed by atoms with Gasteiger partial charge in [0.25, 0.3) is 0 Å². The van der Waals surface area contributed by atoms with Crippen molar-refractivity contribution in [1.82, 2.24) is 5.32 Å². The van der Waals surface area contributed by atoms with Crippen LogP contribution in [0.15, 0.2) is 55.1 Å². The minimum Gasteiger partial charge on any atom is -0.344 e. The smallest absolute Gasteiger partial charge is 0.313 e. The van der Waals surface area contributed by atoms with Crippen LogP contribution >= 0.6 is 0 Å². The number of nitrogens with one attached hydrogen (secondary N) is 2. The largest absolute Gasteiger partial charge is 0.344 e. The lowest BCUT2D eigenvalue weighted by molar-refractivity contribution is -0.136. The molecule has 0 radical (unpaired) electrons. The predicted octanol–water partition coefficient (Wildman–Crippen LogP) is 2.08. The van der Waals surface area contributed by atoms with Crippen LogP contribution in [0.4, 0.5) is 5.69 Å². The highest BCUT2D eigenvalue weighted by Crippen LogP contribution is 2.22. The van der Waals surface area contributed by atoms with Crippen molar-refractivity contribution in [3.05, 3.63) is 55.1 Å². The van der Waals surface area contributed by atoms with Gasteiger partial charge in [0.05, 0.1) is 0 Å². The summed E-state index contributed by atoms with van der Waals surface area (Å²) in [5.41, 5.74) is 0.622. The van der Waals surface area contributed by atoms with E-state index in [2.05, 4.69) is 17.2 Å². The summed E-state index contributed by atoms with van der Waals surface area (Å²) in [7, 11) is 0. The van der Waals surface area contributed by atoms with Crippen LogP contribution in [0.2, 0.25) is 0 Å². The number of hydrogen-bond donors (Lipinski definition) is 2. The standard InChI is InChI=1S/C15H14N2O2/c1-2-10-16-14(18)15(19)17-13-9-5-7-11-6-3-4-8-12(11)13/h2-9H,1,10H2,(H,16,18)(H,17,19). The van der Waals surface area contributed by atoms with E-state index in [4.69, 9.17) is 0 Å². The van der Waals surface area contributed by atoms with Gasteiger partial charge < -0.3 is 10.6 Å². The van der Waals surface area contributed by atoms with Crippen molar-refractivity contribution in [3.8, 4) is 0 Å². The average molecular weight is 254 g/mol.